The van der Waals surface area contributed by atoms with Gasteiger partial charge in [0.05, 0.1) is 18.2 Å². The zero-order valence-electron chi connectivity index (χ0n) is 13.5. The molecule has 1 unspecified atom stereocenters. The fourth-order valence-corrected chi connectivity index (χ4v) is 3.63. The van der Waals surface area contributed by atoms with E-state index < -0.39 is 0 Å². The van der Waals surface area contributed by atoms with Crippen molar-refractivity contribution in [2.75, 3.05) is 20.2 Å². The van der Waals surface area contributed by atoms with E-state index in [2.05, 4.69) is 10.1 Å². The SMILES string of the molecule is COCc1nc(C(=O)N2CC(C)OC3(CCCC3)C2)n(C)n1. The number of hydrogen-bond donors (Lipinski definition) is 0. The lowest BCUT2D eigenvalue weighted by atomic mass is 9.98. The molecule has 22 heavy (non-hydrogen) atoms. The average Bonchev–Trinajstić information content (AvgIpc) is 3.05. The second-order valence-electron chi connectivity index (χ2n) is 6.41. The first-order valence-corrected chi connectivity index (χ1v) is 7.89. The van der Waals surface area contributed by atoms with Gasteiger partial charge >= 0.3 is 0 Å². The van der Waals surface area contributed by atoms with E-state index in [0.717, 1.165) is 12.8 Å². The maximum Gasteiger partial charge on any atom is 0.291 e. The van der Waals surface area contributed by atoms with Crippen molar-refractivity contribution in [1.82, 2.24) is 19.7 Å². The van der Waals surface area contributed by atoms with Crippen molar-refractivity contribution in [3.63, 3.8) is 0 Å². The lowest BCUT2D eigenvalue weighted by Crippen LogP contribution is -2.55. The Morgan fingerprint density at radius 3 is 2.86 bits per heavy atom. The topological polar surface area (TPSA) is 69.5 Å². The number of carbonyl (C=O) groups is 1. The Balaban J connectivity index is 1.79. The summed E-state index contributed by atoms with van der Waals surface area (Å²) < 4.78 is 12.7. The molecule has 2 aliphatic rings. The molecule has 2 fully saturated rings. The number of methoxy groups -OCH3 is 1. The van der Waals surface area contributed by atoms with E-state index in [1.807, 2.05) is 11.8 Å². The number of carbonyl (C=O) groups excluding carboxylic acids is 1. The Bertz CT molecular complexity index is 551. The van der Waals surface area contributed by atoms with Crippen LogP contribution in [0.15, 0.2) is 0 Å². The number of amides is 1. The van der Waals surface area contributed by atoms with Crippen LogP contribution < -0.4 is 0 Å². The molecular weight excluding hydrogens is 284 g/mol. The Morgan fingerprint density at radius 1 is 1.45 bits per heavy atom. The van der Waals surface area contributed by atoms with Gasteiger partial charge in [-0.1, -0.05) is 12.8 Å². The molecule has 3 rings (SSSR count). The van der Waals surface area contributed by atoms with Crippen LogP contribution in [0.3, 0.4) is 0 Å². The highest BCUT2D eigenvalue weighted by atomic mass is 16.5. The third kappa shape index (κ3) is 2.87. The van der Waals surface area contributed by atoms with Crippen LogP contribution in [0, 0.1) is 0 Å². The highest BCUT2D eigenvalue weighted by Crippen LogP contribution is 2.37. The first kappa shape index (κ1) is 15.4. The predicted molar refractivity (Wildman–Crippen MR) is 79.4 cm³/mol. The zero-order valence-corrected chi connectivity index (χ0v) is 13.5. The van der Waals surface area contributed by atoms with Crippen molar-refractivity contribution in [3.8, 4) is 0 Å². The van der Waals surface area contributed by atoms with Gasteiger partial charge in [0.1, 0.15) is 6.61 Å². The third-order valence-electron chi connectivity index (χ3n) is 4.48. The average molecular weight is 308 g/mol. The smallest absolute Gasteiger partial charge is 0.291 e. The van der Waals surface area contributed by atoms with Crippen LogP contribution >= 0.6 is 0 Å². The normalized spacial score (nSPS) is 24.1. The largest absolute Gasteiger partial charge is 0.377 e. The van der Waals surface area contributed by atoms with Crippen molar-refractivity contribution >= 4 is 5.91 Å². The van der Waals surface area contributed by atoms with Gasteiger partial charge in [-0.2, -0.15) is 5.10 Å². The van der Waals surface area contributed by atoms with Crippen LogP contribution in [0.5, 0.6) is 0 Å². The van der Waals surface area contributed by atoms with E-state index in [4.69, 9.17) is 9.47 Å². The number of aromatic nitrogens is 3. The van der Waals surface area contributed by atoms with Crippen molar-refractivity contribution in [2.24, 2.45) is 7.05 Å². The molecule has 1 amide bonds. The van der Waals surface area contributed by atoms with Gasteiger partial charge in [0.25, 0.3) is 5.91 Å². The molecule has 0 N–H and O–H groups in total. The number of ether oxygens (including phenoxy) is 2. The molecule has 1 atom stereocenters. The molecule has 0 aromatic carbocycles. The minimum absolute atomic E-state index is 0.0578. The maximum absolute atomic E-state index is 12.8. The lowest BCUT2D eigenvalue weighted by molar-refractivity contribution is -0.135. The molecule has 1 aromatic heterocycles. The summed E-state index contributed by atoms with van der Waals surface area (Å²) in [5, 5.41) is 4.23. The van der Waals surface area contributed by atoms with E-state index in [1.165, 1.54) is 17.5 Å². The van der Waals surface area contributed by atoms with E-state index >= 15 is 0 Å². The minimum atomic E-state index is -0.152. The molecule has 1 aromatic rings. The van der Waals surface area contributed by atoms with E-state index in [1.54, 1.807) is 14.2 Å². The van der Waals surface area contributed by atoms with Gasteiger partial charge in [0.15, 0.2) is 5.82 Å². The summed E-state index contributed by atoms with van der Waals surface area (Å²) in [5.74, 6) is 0.832. The van der Waals surface area contributed by atoms with Gasteiger partial charge < -0.3 is 14.4 Å². The van der Waals surface area contributed by atoms with Crippen molar-refractivity contribution in [3.05, 3.63) is 11.6 Å². The van der Waals surface area contributed by atoms with Gasteiger partial charge in [-0.05, 0) is 19.8 Å². The fourth-order valence-electron chi connectivity index (χ4n) is 3.63. The maximum atomic E-state index is 12.8. The fraction of sp³-hybridized carbons (Fsp3) is 0.800. The quantitative estimate of drug-likeness (QED) is 0.837. The summed E-state index contributed by atoms with van der Waals surface area (Å²) in [5.41, 5.74) is -0.152. The number of nitrogens with zero attached hydrogens (tertiary/aromatic N) is 4. The summed E-state index contributed by atoms with van der Waals surface area (Å²) in [6.45, 7) is 3.60. The van der Waals surface area contributed by atoms with Crippen LogP contribution in [-0.2, 0) is 23.1 Å². The monoisotopic (exact) mass is 308 g/mol. The Labute approximate surface area is 130 Å². The van der Waals surface area contributed by atoms with Crippen LogP contribution in [0.4, 0.5) is 0 Å². The van der Waals surface area contributed by atoms with Crippen molar-refractivity contribution in [2.45, 2.75) is 50.9 Å². The molecule has 122 valence electrons. The molecule has 7 nitrogen and oxygen atoms in total. The number of morpholine rings is 1. The van der Waals surface area contributed by atoms with Crippen LogP contribution in [0.1, 0.15) is 49.1 Å². The summed E-state index contributed by atoms with van der Waals surface area (Å²) in [6, 6.07) is 0. The van der Waals surface area contributed by atoms with Crippen molar-refractivity contribution < 1.29 is 14.3 Å². The molecule has 0 radical (unpaired) electrons. The number of aryl methyl sites for hydroxylation is 1. The summed E-state index contributed by atoms with van der Waals surface area (Å²) >= 11 is 0. The van der Waals surface area contributed by atoms with Gasteiger partial charge in [-0.3, -0.25) is 4.79 Å². The van der Waals surface area contributed by atoms with Crippen LogP contribution in [-0.4, -0.2) is 57.5 Å². The minimum Gasteiger partial charge on any atom is -0.377 e. The lowest BCUT2D eigenvalue weighted by Gasteiger charge is -2.43. The van der Waals surface area contributed by atoms with Crippen LogP contribution in [0.2, 0.25) is 0 Å². The Morgan fingerprint density at radius 2 is 2.18 bits per heavy atom. The van der Waals surface area contributed by atoms with Gasteiger partial charge in [0.2, 0.25) is 5.82 Å². The van der Waals surface area contributed by atoms with Gasteiger partial charge in [0, 0.05) is 20.7 Å². The first-order chi connectivity index (χ1) is 10.5. The molecule has 1 spiro atoms. The molecule has 0 bridgehead atoms. The summed E-state index contributed by atoms with van der Waals surface area (Å²) in [7, 11) is 3.33. The summed E-state index contributed by atoms with van der Waals surface area (Å²) in [6.07, 6.45) is 4.49. The van der Waals surface area contributed by atoms with Crippen LogP contribution in [0.25, 0.3) is 0 Å². The molecular formula is C15H24N4O3. The van der Waals surface area contributed by atoms with Gasteiger partial charge in [-0.25, -0.2) is 9.67 Å². The molecule has 1 aliphatic carbocycles. The van der Waals surface area contributed by atoms with E-state index in [0.29, 0.717) is 31.3 Å². The Kier molecular flexibility index (Phi) is 4.18. The zero-order chi connectivity index (χ0) is 15.7. The second kappa shape index (κ2) is 5.96. The van der Waals surface area contributed by atoms with Gasteiger partial charge in [-0.15, -0.1) is 0 Å². The summed E-state index contributed by atoms with van der Waals surface area (Å²) in [4.78, 5) is 19.0. The number of rotatable bonds is 3. The molecule has 2 heterocycles. The second-order valence-corrected chi connectivity index (χ2v) is 6.41. The van der Waals surface area contributed by atoms with E-state index in [9.17, 15) is 4.79 Å². The molecule has 1 saturated heterocycles. The molecule has 7 heteroatoms. The molecule has 1 saturated carbocycles. The third-order valence-corrected chi connectivity index (χ3v) is 4.48. The first-order valence-electron chi connectivity index (χ1n) is 7.89. The standard InChI is InChI=1S/C15H24N4O3/c1-11-8-19(10-15(22-11)6-4-5-7-15)14(20)13-16-12(9-21-3)17-18(13)2/h11H,4-10H2,1-3H3. The number of hydrogen-bond acceptors (Lipinski definition) is 5. The highest BCUT2D eigenvalue weighted by Gasteiger charge is 2.43. The van der Waals surface area contributed by atoms with Crippen molar-refractivity contribution in [1.29, 1.82) is 0 Å². The highest BCUT2D eigenvalue weighted by molar-refractivity contribution is 5.90. The predicted octanol–water partition coefficient (Wildman–Crippen LogP) is 1.14. The van der Waals surface area contributed by atoms with E-state index in [-0.39, 0.29) is 17.6 Å². The Hall–Kier alpha value is -1.47. The molecule has 1 aliphatic heterocycles.